The lowest BCUT2D eigenvalue weighted by molar-refractivity contribution is -0.274. The number of hydrogen-bond acceptors (Lipinski definition) is 6. The number of alkyl halides is 3. The molecule has 0 spiro atoms. The number of urea groups is 1. The van der Waals surface area contributed by atoms with E-state index in [1.54, 1.807) is 23.2 Å². The number of nitrogens with zero attached hydrogens (tertiary/aromatic N) is 4. The van der Waals surface area contributed by atoms with Crippen LogP contribution in [0.15, 0.2) is 54.2 Å². The Morgan fingerprint density at radius 3 is 2.61 bits per heavy atom. The molecule has 3 heterocycles. The highest BCUT2D eigenvalue weighted by atomic mass is 32.1. The van der Waals surface area contributed by atoms with E-state index in [1.807, 2.05) is 5.38 Å². The molecule has 1 aliphatic heterocycles. The summed E-state index contributed by atoms with van der Waals surface area (Å²) in [4.78, 5) is 36.6. The van der Waals surface area contributed by atoms with Crippen molar-refractivity contribution in [3.05, 3.63) is 70.3 Å². The summed E-state index contributed by atoms with van der Waals surface area (Å²) in [5.74, 6) is -0.286. The Morgan fingerprint density at radius 2 is 1.91 bits per heavy atom. The van der Waals surface area contributed by atoms with Gasteiger partial charge in [-0.05, 0) is 29.8 Å². The molecule has 172 valence electrons. The maximum Gasteiger partial charge on any atom is 0.573 e. The molecule has 1 aliphatic rings. The maximum atomic E-state index is 12.9. The number of carbonyl (C=O) groups excluding carboxylic acids is 2. The third kappa shape index (κ3) is 5.77. The minimum atomic E-state index is -4.76. The topological polar surface area (TPSA) is 87.7 Å². The van der Waals surface area contributed by atoms with Gasteiger partial charge in [-0.3, -0.25) is 9.69 Å². The highest BCUT2D eigenvalue weighted by Crippen LogP contribution is 2.24. The van der Waals surface area contributed by atoms with Crippen LogP contribution < -0.4 is 15.0 Å². The van der Waals surface area contributed by atoms with Crippen LogP contribution in [0.1, 0.15) is 20.9 Å². The molecule has 0 radical (unpaired) electrons. The van der Waals surface area contributed by atoms with Crippen LogP contribution in [-0.4, -0.2) is 46.3 Å². The van der Waals surface area contributed by atoms with Gasteiger partial charge < -0.3 is 15.0 Å². The Balaban J connectivity index is 1.37. The number of hydrogen-bond donors (Lipinski definition) is 1. The van der Waals surface area contributed by atoms with Crippen molar-refractivity contribution in [2.24, 2.45) is 0 Å². The van der Waals surface area contributed by atoms with Gasteiger partial charge in [-0.1, -0.05) is 12.1 Å². The molecule has 0 unspecified atom stereocenters. The quantitative estimate of drug-likeness (QED) is 0.559. The van der Waals surface area contributed by atoms with E-state index in [2.05, 4.69) is 20.0 Å². The minimum absolute atomic E-state index is 0.218. The van der Waals surface area contributed by atoms with E-state index in [-0.39, 0.29) is 24.2 Å². The van der Waals surface area contributed by atoms with E-state index in [4.69, 9.17) is 0 Å². The molecule has 3 aromatic rings. The van der Waals surface area contributed by atoms with E-state index < -0.39 is 6.36 Å². The van der Waals surface area contributed by atoms with Crippen LogP contribution in [0.2, 0.25) is 0 Å². The average molecular weight is 477 g/mol. The van der Waals surface area contributed by atoms with Crippen molar-refractivity contribution < 1.29 is 27.5 Å². The fourth-order valence-electron chi connectivity index (χ4n) is 3.26. The van der Waals surface area contributed by atoms with E-state index in [0.717, 1.165) is 5.01 Å². The largest absolute Gasteiger partial charge is 0.573 e. The number of amides is 3. The summed E-state index contributed by atoms with van der Waals surface area (Å²) in [6, 6.07) is 8.16. The molecule has 1 N–H and O–H groups in total. The molecule has 3 amide bonds. The summed E-state index contributed by atoms with van der Waals surface area (Å²) in [5.41, 5.74) is 1.02. The second-order valence-electron chi connectivity index (χ2n) is 7.06. The first-order valence-corrected chi connectivity index (χ1v) is 10.7. The lowest BCUT2D eigenvalue weighted by Crippen LogP contribution is -2.32. The smallest absolute Gasteiger partial charge is 0.406 e. The second kappa shape index (κ2) is 9.45. The first-order valence-electron chi connectivity index (χ1n) is 9.82. The Labute approximate surface area is 190 Å². The van der Waals surface area contributed by atoms with Gasteiger partial charge in [0.25, 0.3) is 5.91 Å². The van der Waals surface area contributed by atoms with Crippen molar-refractivity contribution in [2.75, 3.05) is 18.0 Å². The molecule has 12 heteroatoms. The van der Waals surface area contributed by atoms with Crippen molar-refractivity contribution in [3.8, 4) is 5.75 Å². The molecule has 4 rings (SSSR count). The van der Waals surface area contributed by atoms with Gasteiger partial charge in [0.1, 0.15) is 16.6 Å². The number of pyridine rings is 1. The van der Waals surface area contributed by atoms with Gasteiger partial charge in [0.2, 0.25) is 0 Å². The summed E-state index contributed by atoms with van der Waals surface area (Å²) in [6.07, 6.45) is -1.64. The van der Waals surface area contributed by atoms with Gasteiger partial charge in [0.15, 0.2) is 0 Å². The van der Waals surface area contributed by atoms with Crippen molar-refractivity contribution in [1.29, 1.82) is 0 Å². The fourth-order valence-corrected chi connectivity index (χ4v) is 3.82. The van der Waals surface area contributed by atoms with Crippen LogP contribution in [0.3, 0.4) is 0 Å². The zero-order valence-electron chi connectivity index (χ0n) is 17.1. The van der Waals surface area contributed by atoms with Crippen LogP contribution in [-0.2, 0) is 13.1 Å². The molecule has 1 aromatic carbocycles. The highest BCUT2D eigenvalue weighted by Gasteiger charge is 2.32. The summed E-state index contributed by atoms with van der Waals surface area (Å²) < 4.78 is 40.7. The van der Waals surface area contributed by atoms with Gasteiger partial charge in [0.05, 0.1) is 6.54 Å². The van der Waals surface area contributed by atoms with Crippen molar-refractivity contribution in [3.63, 3.8) is 0 Å². The van der Waals surface area contributed by atoms with Gasteiger partial charge in [0, 0.05) is 43.0 Å². The first-order chi connectivity index (χ1) is 15.8. The SMILES string of the molecule is O=C(NCc1nccs1)c1ccnc(N2CCN(Cc3ccc(OC(F)(F)F)cc3)C2=O)c1. The van der Waals surface area contributed by atoms with Gasteiger partial charge in [-0.25, -0.2) is 14.8 Å². The molecule has 1 fully saturated rings. The van der Waals surface area contributed by atoms with Crippen LogP contribution in [0, 0.1) is 0 Å². The molecule has 0 atom stereocenters. The second-order valence-corrected chi connectivity index (χ2v) is 8.04. The van der Waals surface area contributed by atoms with E-state index >= 15 is 0 Å². The van der Waals surface area contributed by atoms with Crippen molar-refractivity contribution in [2.45, 2.75) is 19.5 Å². The number of nitrogens with one attached hydrogen (secondary N) is 1. The molecule has 2 aromatic heterocycles. The number of carbonyl (C=O) groups is 2. The predicted octanol–water partition coefficient (Wildman–Crippen LogP) is 3.81. The number of thiazole rings is 1. The van der Waals surface area contributed by atoms with Gasteiger partial charge in [-0.2, -0.15) is 0 Å². The van der Waals surface area contributed by atoms with E-state index in [0.29, 0.717) is 36.6 Å². The Kier molecular flexibility index (Phi) is 6.45. The zero-order valence-corrected chi connectivity index (χ0v) is 17.9. The van der Waals surface area contributed by atoms with E-state index in [1.165, 1.54) is 46.7 Å². The molecule has 0 bridgehead atoms. The van der Waals surface area contributed by atoms with E-state index in [9.17, 15) is 22.8 Å². The standard InChI is InChI=1S/C21H18F3N5O3S/c22-21(23,24)32-16-3-1-14(2-4-16)13-28-8-9-29(20(28)31)17-11-15(5-6-25-17)19(30)27-12-18-26-7-10-33-18/h1-7,10-11H,8-9,12-13H2,(H,27,30). The first kappa shape index (κ1) is 22.5. The third-order valence-electron chi connectivity index (χ3n) is 4.79. The molecule has 1 saturated heterocycles. The summed E-state index contributed by atoms with van der Waals surface area (Å²) >= 11 is 1.43. The van der Waals surface area contributed by atoms with Gasteiger partial charge >= 0.3 is 12.4 Å². The van der Waals surface area contributed by atoms with Crippen molar-refractivity contribution in [1.82, 2.24) is 20.2 Å². The van der Waals surface area contributed by atoms with Crippen LogP contribution >= 0.6 is 11.3 Å². The zero-order chi connectivity index (χ0) is 23.4. The lowest BCUT2D eigenvalue weighted by atomic mass is 10.2. The molecule has 0 saturated carbocycles. The summed E-state index contributed by atoms with van der Waals surface area (Å²) in [7, 11) is 0. The van der Waals surface area contributed by atoms with Crippen molar-refractivity contribution >= 4 is 29.1 Å². The Bertz CT molecular complexity index is 1120. The Hall–Kier alpha value is -3.67. The number of benzene rings is 1. The normalized spacial score (nSPS) is 14.0. The van der Waals surface area contributed by atoms with Gasteiger partial charge in [-0.15, -0.1) is 24.5 Å². The lowest BCUT2D eigenvalue weighted by Gasteiger charge is -2.18. The monoisotopic (exact) mass is 477 g/mol. The number of halogens is 3. The molecular formula is C21H18F3N5O3S. The molecule has 0 aliphatic carbocycles. The molecule has 8 nitrogen and oxygen atoms in total. The molecule has 33 heavy (non-hydrogen) atoms. The minimum Gasteiger partial charge on any atom is -0.406 e. The third-order valence-corrected chi connectivity index (χ3v) is 5.57. The highest BCUT2D eigenvalue weighted by molar-refractivity contribution is 7.09. The summed E-state index contributed by atoms with van der Waals surface area (Å²) in [6.45, 7) is 1.29. The molecular weight excluding hydrogens is 459 g/mol. The Morgan fingerprint density at radius 1 is 1.12 bits per heavy atom. The van der Waals surface area contributed by atoms with Crippen LogP contribution in [0.4, 0.5) is 23.8 Å². The number of anilines is 1. The fraction of sp³-hybridized carbons (Fsp3) is 0.238. The number of ether oxygens (including phenoxy) is 1. The average Bonchev–Trinajstić information content (AvgIpc) is 3.43. The maximum absolute atomic E-state index is 12.9. The predicted molar refractivity (Wildman–Crippen MR) is 114 cm³/mol. The van der Waals surface area contributed by atoms with Crippen LogP contribution in [0.5, 0.6) is 5.75 Å². The van der Waals surface area contributed by atoms with Crippen LogP contribution in [0.25, 0.3) is 0 Å². The number of rotatable bonds is 7. The number of aromatic nitrogens is 2. The summed E-state index contributed by atoms with van der Waals surface area (Å²) in [5, 5.41) is 5.38.